The minimum Gasteiger partial charge on any atom is -0.341 e. The van der Waals surface area contributed by atoms with Gasteiger partial charge in [0.25, 0.3) is 0 Å². The smallest absolute Gasteiger partial charge is 0.341 e. The van der Waals surface area contributed by atoms with Gasteiger partial charge in [0.15, 0.2) is 23.9 Å². The van der Waals surface area contributed by atoms with E-state index in [1.807, 2.05) is 0 Å². The van der Waals surface area contributed by atoms with E-state index in [0.717, 1.165) is 23.6 Å². The highest BCUT2D eigenvalue weighted by molar-refractivity contribution is 5.84. The van der Waals surface area contributed by atoms with E-state index in [1.165, 1.54) is 148 Å². The van der Waals surface area contributed by atoms with Gasteiger partial charge in [-0.1, -0.05) is 111 Å². The third-order valence-electron chi connectivity index (χ3n) is 14.3. The highest BCUT2D eigenvalue weighted by Gasteiger charge is 2.75. The molecule has 6 nitrogen and oxygen atoms in total. The Hall–Kier alpha value is -2.70. The second-order valence-electron chi connectivity index (χ2n) is 22.3. The molecule has 1 atom stereocenters. The van der Waals surface area contributed by atoms with Crippen LogP contribution in [0.2, 0.25) is 0 Å². The monoisotopic (exact) mass is 815 g/mol. The lowest BCUT2D eigenvalue weighted by Crippen LogP contribution is -2.61. The number of fused-ring (bicyclic) bond motifs is 2. The Morgan fingerprint density at radius 3 is 1.53 bits per heavy atom. The van der Waals surface area contributed by atoms with Gasteiger partial charge in [-0.3, -0.25) is 0 Å². The van der Waals surface area contributed by atoms with Gasteiger partial charge >= 0.3 is 6.03 Å². The molecule has 3 heterocycles. The fourth-order valence-electron chi connectivity index (χ4n) is 11.5. The Balaban J connectivity index is 1.54. The van der Waals surface area contributed by atoms with Crippen LogP contribution in [0.5, 0.6) is 11.5 Å². The molecule has 1 saturated heterocycles. The van der Waals surface area contributed by atoms with Gasteiger partial charge in [-0.05, 0) is 110 Å². The first-order valence-corrected chi connectivity index (χ1v) is 24.4. The maximum Gasteiger partial charge on any atom is 0.704 e. The van der Waals surface area contributed by atoms with Crippen LogP contribution in [0.1, 0.15) is 196 Å². The number of ether oxygens (including phenoxy) is 2. The summed E-state index contributed by atoms with van der Waals surface area (Å²) >= 11 is 0. The van der Waals surface area contributed by atoms with Crippen molar-refractivity contribution in [1.29, 1.82) is 0 Å². The molecule has 1 fully saturated rings. The first-order chi connectivity index (χ1) is 27.7. The molecule has 3 aliphatic rings. The van der Waals surface area contributed by atoms with Crippen molar-refractivity contribution in [1.82, 2.24) is 0 Å². The second-order valence-corrected chi connectivity index (χ2v) is 22.3. The zero-order valence-corrected chi connectivity index (χ0v) is 41.1. The van der Waals surface area contributed by atoms with Crippen LogP contribution < -0.4 is 9.47 Å². The van der Waals surface area contributed by atoms with Crippen molar-refractivity contribution in [3.05, 3.63) is 58.1 Å². The fourth-order valence-corrected chi connectivity index (χ4v) is 11.5. The molecule has 0 N–H and O–H groups in total. The Morgan fingerprint density at radius 2 is 1.07 bits per heavy atom. The predicted molar refractivity (Wildman–Crippen MR) is 251 cm³/mol. The van der Waals surface area contributed by atoms with Crippen molar-refractivity contribution in [2.24, 2.45) is 0 Å². The van der Waals surface area contributed by atoms with Gasteiger partial charge < -0.3 is 18.4 Å². The summed E-state index contributed by atoms with van der Waals surface area (Å²) in [4.78, 5) is 0. The minimum absolute atomic E-state index is 0.0242. The third kappa shape index (κ3) is 10.0. The van der Waals surface area contributed by atoms with Crippen LogP contribution in [-0.2, 0) is 16.2 Å². The standard InChI is InChI=1S/C53H90N4O2/c1-16-28-56(29-17-2,30-18-3)34-22-26-52(15,27-23-35-57(31-19-4,32-20-5)33-21-6)44-24-25-47-42(36-44)39-54-41-51(13,14)55-40-43-37-45(49(7,8)9)38-46(50(10,11)12)48(43)59-53(54,55)58-47/h24-25,36-40H,16-23,26-35,41H2,1-15H3/q+4. The molecule has 59 heavy (non-hydrogen) atoms. The summed E-state index contributed by atoms with van der Waals surface area (Å²) in [5, 5.41) is 0. The molecule has 2 aromatic rings. The first-order valence-electron chi connectivity index (χ1n) is 24.4. The predicted octanol–water partition coefficient (Wildman–Crippen LogP) is 11.9. The van der Waals surface area contributed by atoms with Crippen molar-refractivity contribution in [2.45, 2.75) is 196 Å². The van der Waals surface area contributed by atoms with E-state index >= 15 is 0 Å². The van der Waals surface area contributed by atoms with Crippen LogP contribution in [0.3, 0.4) is 0 Å². The molecular weight excluding hydrogens is 725 g/mol. The van der Waals surface area contributed by atoms with Gasteiger partial charge in [-0.25, -0.2) is 0 Å². The summed E-state index contributed by atoms with van der Waals surface area (Å²) in [6, 6.07) is 10.8. The Bertz CT molecular complexity index is 1740. The summed E-state index contributed by atoms with van der Waals surface area (Å²) in [7, 11) is 0. The quantitative estimate of drug-likeness (QED) is 0.0926. The number of rotatable bonds is 21. The maximum absolute atomic E-state index is 7.32. The molecule has 0 saturated carbocycles. The second kappa shape index (κ2) is 18.3. The molecule has 0 aromatic heterocycles. The largest absolute Gasteiger partial charge is 0.704 e. The number of hydrogen-bond donors (Lipinski definition) is 0. The molecule has 0 amide bonds. The summed E-state index contributed by atoms with van der Waals surface area (Å²) in [5.74, 6) is 1.85. The summed E-state index contributed by atoms with van der Waals surface area (Å²) < 4.78 is 21.8. The van der Waals surface area contributed by atoms with Gasteiger partial charge in [0.05, 0.1) is 63.5 Å². The number of quaternary nitrogens is 2. The molecule has 3 aliphatic heterocycles. The van der Waals surface area contributed by atoms with Crippen molar-refractivity contribution >= 4 is 12.4 Å². The van der Waals surface area contributed by atoms with Crippen molar-refractivity contribution in [3.8, 4) is 11.5 Å². The van der Waals surface area contributed by atoms with Crippen LogP contribution in [-0.4, -0.2) is 101 Å². The van der Waals surface area contributed by atoms with Gasteiger partial charge in [0.1, 0.15) is 0 Å². The van der Waals surface area contributed by atoms with Crippen LogP contribution in [0, 0.1) is 0 Å². The Labute approximate surface area is 363 Å². The van der Waals surface area contributed by atoms with Gasteiger partial charge in [-0.2, -0.15) is 0 Å². The molecule has 0 bridgehead atoms. The first kappa shape index (κ1) is 47.4. The van der Waals surface area contributed by atoms with Gasteiger partial charge in [-0.15, -0.1) is 0 Å². The minimum atomic E-state index is -1.07. The number of hydrogen-bond acceptors (Lipinski definition) is 2. The van der Waals surface area contributed by atoms with E-state index in [4.69, 9.17) is 9.47 Å². The summed E-state index contributed by atoms with van der Waals surface area (Å²) in [6.07, 6.45) is 17.2. The highest BCUT2D eigenvalue weighted by atomic mass is 16.7. The maximum atomic E-state index is 7.32. The third-order valence-corrected chi connectivity index (χ3v) is 14.3. The number of nitrogens with zero attached hydrogens (tertiary/aromatic N) is 4. The molecule has 1 spiro atoms. The van der Waals surface area contributed by atoms with Crippen molar-refractivity contribution < 1.29 is 27.6 Å². The molecular formula is C53H90N4O2+4. The SMILES string of the molecule is CCC[N+](CCC)(CCC)CCCC(C)(CCC[N+](CCC)(CCC)CCC)c1ccc2c(c1)C=[N+]1CC(C)(C)[N+]3=Cc4cc(C(C)(C)C)cc(C(C)(C)C)c4OC13O2. The number of benzene rings is 2. The normalized spacial score (nSPS) is 18.9. The molecule has 2 aromatic carbocycles. The van der Waals surface area contributed by atoms with Crippen LogP contribution >= 0.6 is 0 Å². The van der Waals surface area contributed by atoms with Gasteiger partial charge in [0.2, 0.25) is 12.1 Å². The lowest BCUT2D eigenvalue weighted by atomic mass is 9.74. The van der Waals surface area contributed by atoms with Crippen LogP contribution in [0.15, 0.2) is 30.3 Å². The zero-order chi connectivity index (χ0) is 43.5. The Morgan fingerprint density at radius 1 is 0.576 bits per heavy atom. The van der Waals surface area contributed by atoms with E-state index in [-0.39, 0.29) is 21.8 Å². The average molecular weight is 815 g/mol. The van der Waals surface area contributed by atoms with E-state index < -0.39 is 6.03 Å². The highest BCUT2D eigenvalue weighted by Crippen LogP contribution is 2.47. The van der Waals surface area contributed by atoms with Crippen LogP contribution in [0.4, 0.5) is 0 Å². The topological polar surface area (TPSA) is 24.5 Å². The molecule has 330 valence electrons. The fraction of sp³-hybridized carbons (Fsp3) is 0.736. The van der Waals surface area contributed by atoms with E-state index in [2.05, 4.69) is 156 Å². The lowest BCUT2D eigenvalue weighted by Gasteiger charge is -2.41. The molecule has 0 radical (unpaired) electrons. The zero-order valence-electron chi connectivity index (χ0n) is 41.1. The average Bonchev–Trinajstić information content (AvgIpc) is 3.36. The van der Waals surface area contributed by atoms with Crippen molar-refractivity contribution in [2.75, 3.05) is 58.9 Å². The van der Waals surface area contributed by atoms with E-state index in [9.17, 15) is 0 Å². The van der Waals surface area contributed by atoms with Crippen molar-refractivity contribution in [3.63, 3.8) is 0 Å². The van der Waals surface area contributed by atoms with E-state index in [0.29, 0.717) is 0 Å². The Kier molecular flexibility index (Phi) is 14.7. The summed E-state index contributed by atoms with van der Waals surface area (Å²) in [5.41, 5.74) is 6.13. The molecule has 0 aliphatic carbocycles. The summed E-state index contributed by atoms with van der Waals surface area (Å²) in [6.45, 7) is 46.5. The lowest BCUT2D eigenvalue weighted by molar-refractivity contribution is -0.928. The molecule has 5 rings (SSSR count). The van der Waals surface area contributed by atoms with Crippen LogP contribution in [0.25, 0.3) is 0 Å². The molecule has 1 unspecified atom stereocenters. The van der Waals surface area contributed by atoms with Gasteiger partial charge in [0, 0.05) is 19.4 Å². The molecule has 6 heteroatoms. The van der Waals surface area contributed by atoms with E-state index in [1.54, 1.807) is 0 Å².